The predicted octanol–water partition coefficient (Wildman–Crippen LogP) is 5.29. The minimum Gasteiger partial charge on any atom is -0.497 e. The Morgan fingerprint density at radius 1 is 1.14 bits per heavy atom. The monoisotopic (exact) mass is 392 g/mol. The zero-order valence-corrected chi connectivity index (χ0v) is 15.1. The van der Waals surface area contributed by atoms with Gasteiger partial charge in [-0.3, -0.25) is 4.79 Å². The highest BCUT2D eigenvalue weighted by Crippen LogP contribution is 2.37. The molecular weight excluding hydrogens is 375 g/mol. The maximum Gasteiger partial charge on any atom is 0.471 e. The Balaban J connectivity index is 2.15. The van der Waals surface area contributed by atoms with Crippen LogP contribution in [0.5, 0.6) is 11.5 Å². The first-order valence-corrected chi connectivity index (χ1v) is 8.38. The fraction of sp³-hybridized carbons (Fsp3) is 0.200. The van der Waals surface area contributed by atoms with Gasteiger partial charge in [0.05, 0.1) is 25.3 Å². The van der Waals surface area contributed by atoms with Gasteiger partial charge < -0.3 is 14.8 Å². The molecule has 0 spiro atoms. The van der Waals surface area contributed by atoms with Crippen LogP contribution in [0, 0.1) is 0 Å². The SMILES string of the molecule is CCOc1cc(-c2ccc(OC)cc2)[o+]c2c(NC(=O)C(F)(F)F)cccc12. The summed E-state index contributed by atoms with van der Waals surface area (Å²) in [6.07, 6.45) is -5.02. The van der Waals surface area contributed by atoms with Crippen molar-refractivity contribution < 1.29 is 31.9 Å². The number of amides is 1. The second kappa shape index (κ2) is 7.75. The van der Waals surface area contributed by atoms with Crippen LogP contribution in [0.3, 0.4) is 0 Å². The molecule has 8 heteroatoms. The molecule has 0 bridgehead atoms. The molecule has 146 valence electrons. The molecule has 1 heterocycles. The van der Waals surface area contributed by atoms with Crippen molar-refractivity contribution in [3.8, 4) is 22.8 Å². The van der Waals surface area contributed by atoms with Gasteiger partial charge in [0.25, 0.3) is 0 Å². The third-order valence-corrected chi connectivity index (χ3v) is 3.93. The molecule has 0 saturated carbocycles. The van der Waals surface area contributed by atoms with E-state index in [0.29, 0.717) is 34.8 Å². The Bertz CT molecular complexity index is 1000. The van der Waals surface area contributed by atoms with Gasteiger partial charge >= 0.3 is 23.4 Å². The number of fused-ring (bicyclic) bond motifs is 1. The Kier molecular flexibility index (Phi) is 5.39. The van der Waals surface area contributed by atoms with Gasteiger partial charge in [0.2, 0.25) is 0 Å². The van der Waals surface area contributed by atoms with E-state index < -0.39 is 12.1 Å². The quantitative estimate of drug-likeness (QED) is 0.600. The number of hydrogen-bond donors (Lipinski definition) is 1. The van der Waals surface area contributed by atoms with Crippen LogP contribution >= 0.6 is 0 Å². The Morgan fingerprint density at radius 2 is 1.86 bits per heavy atom. The molecule has 0 aliphatic heterocycles. The van der Waals surface area contributed by atoms with Crippen LogP contribution in [0.1, 0.15) is 6.92 Å². The van der Waals surface area contributed by atoms with E-state index in [1.54, 1.807) is 43.3 Å². The van der Waals surface area contributed by atoms with Crippen molar-refractivity contribution in [1.82, 2.24) is 0 Å². The number of ether oxygens (including phenoxy) is 2. The highest BCUT2D eigenvalue weighted by Gasteiger charge is 2.39. The third kappa shape index (κ3) is 4.00. The van der Waals surface area contributed by atoms with Crippen molar-refractivity contribution in [1.29, 1.82) is 0 Å². The van der Waals surface area contributed by atoms with Gasteiger partial charge in [-0.25, -0.2) is 4.42 Å². The minimum absolute atomic E-state index is 0.0804. The number of benzene rings is 2. The molecule has 3 rings (SSSR count). The van der Waals surface area contributed by atoms with E-state index in [1.165, 1.54) is 19.2 Å². The maximum absolute atomic E-state index is 12.7. The largest absolute Gasteiger partial charge is 0.497 e. The predicted molar refractivity (Wildman–Crippen MR) is 98.5 cm³/mol. The molecule has 0 radical (unpaired) electrons. The second-order valence-corrected chi connectivity index (χ2v) is 5.77. The topological polar surface area (TPSA) is 58.9 Å². The summed E-state index contributed by atoms with van der Waals surface area (Å²) in [5, 5.41) is 2.30. The van der Waals surface area contributed by atoms with E-state index in [2.05, 4.69) is 0 Å². The lowest BCUT2D eigenvalue weighted by Crippen LogP contribution is -2.29. The summed E-state index contributed by atoms with van der Waals surface area (Å²) in [5.41, 5.74) is 0.647. The normalized spacial score (nSPS) is 11.3. The van der Waals surface area contributed by atoms with Crippen molar-refractivity contribution in [3.05, 3.63) is 48.5 Å². The summed E-state index contributed by atoms with van der Waals surface area (Å²) in [7, 11) is 1.54. The molecule has 0 atom stereocenters. The summed E-state index contributed by atoms with van der Waals surface area (Å²) >= 11 is 0. The Morgan fingerprint density at radius 3 is 2.46 bits per heavy atom. The fourth-order valence-electron chi connectivity index (χ4n) is 2.64. The lowest BCUT2D eigenvalue weighted by Gasteiger charge is -2.08. The number of anilines is 1. The number of para-hydroxylation sites is 1. The van der Waals surface area contributed by atoms with E-state index >= 15 is 0 Å². The average Bonchev–Trinajstić information content (AvgIpc) is 2.68. The maximum atomic E-state index is 12.7. The number of carbonyl (C=O) groups excluding carboxylic acids is 1. The number of halogens is 3. The summed E-state index contributed by atoms with van der Waals surface area (Å²) in [5.74, 6) is -0.638. The van der Waals surface area contributed by atoms with Crippen LogP contribution in [0.15, 0.2) is 52.9 Å². The zero-order valence-electron chi connectivity index (χ0n) is 15.1. The lowest BCUT2D eigenvalue weighted by molar-refractivity contribution is -0.167. The fourth-order valence-corrected chi connectivity index (χ4v) is 2.64. The first-order chi connectivity index (χ1) is 13.3. The molecule has 0 aliphatic carbocycles. The van der Waals surface area contributed by atoms with Crippen molar-refractivity contribution in [2.24, 2.45) is 0 Å². The smallest absolute Gasteiger partial charge is 0.471 e. The van der Waals surface area contributed by atoms with Crippen LogP contribution < -0.4 is 14.8 Å². The second-order valence-electron chi connectivity index (χ2n) is 5.77. The van der Waals surface area contributed by atoms with Crippen molar-refractivity contribution in [2.45, 2.75) is 13.1 Å². The minimum atomic E-state index is -5.02. The number of hydrogen-bond acceptors (Lipinski definition) is 3. The highest BCUT2D eigenvalue weighted by molar-refractivity contribution is 6.03. The van der Waals surface area contributed by atoms with Gasteiger partial charge in [-0.05, 0) is 43.3 Å². The summed E-state index contributed by atoms with van der Waals surface area (Å²) in [6.45, 7) is 2.14. The molecule has 2 aromatic carbocycles. The van der Waals surface area contributed by atoms with Gasteiger partial charge in [-0.15, -0.1) is 0 Å². The zero-order chi connectivity index (χ0) is 20.3. The van der Waals surface area contributed by atoms with E-state index in [-0.39, 0.29) is 11.3 Å². The molecule has 0 unspecified atom stereocenters. The molecule has 0 fully saturated rings. The summed E-state index contributed by atoms with van der Waals surface area (Å²) in [4.78, 5) is 11.4. The average molecular weight is 392 g/mol. The number of methoxy groups -OCH3 is 1. The van der Waals surface area contributed by atoms with Crippen LogP contribution in [0.4, 0.5) is 18.9 Å². The number of alkyl halides is 3. The van der Waals surface area contributed by atoms with Crippen LogP contribution in [0.2, 0.25) is 0 Å². The van der Waals surface area contributed by atoms with Crippen LogP contribution in [-0.4, -0.2) is 25.8 Å². The molecule has 0 saturated heterocycles. The van der Waals surface area contributed by atoms with E-state index in [0.717, 1.165) is 0 Å². The van der Waals surface area contributed by atoms with Crippen LogP contribution in [0.25, 0.3) is 22.3 Å². The molecule has 28 heavy (non-hydrogen) atoms. The van der Waals surface area contributed by atoms with Gasteiger partial charge in [-0.2, -0.15) is 13.2 Å². The van der Waals surface area contributed by atoms with Crippen LogP contribution in [-0.2, 0) is 4.79 Å². The lowest BCUT2D eigenvalue weighted by atomic mass is 10.1. The molecular formula is C20H17F3NO4+. The van der Waals surface area contributed by atoms with E-state index in [1.807, 2.05) is 5.32 Å². The van der Waals surface area contributed by atoms with Gasteiger partial charge in [-0.1, -0.05) is 6.07 Å². The molecule has 5 nitrogen and oxygen atoms in total. The van der Waals surface area contributed by atoms with Gasteiger partial charge in [0.1, 0.15) is 22.6 Å². The molecule has 3 aromatic rings. The van der Waals surface area contributed by atoms with E-state index in [4.69, 9.17) is 13.9 Å². The summed E-state index contributed by atoms with van der Waals surface area (Å²) in [6, 6.07) is 13.1. The molecule has 1 aromatic heterocycles. The standard InChI is InChI=1S/C20H16F3NO4/c1-3-27-17-11-16(12-7-9-13(26-2)10-8-12)28-18-14(17)5-4-6-15(18)24-19(25)20(21,22)23/h4-11H,3H2,1-2H3/p+1. The van der Waals surface area contributed by atoms with E-state index in [9.17, 15) is 18.0 Å². The Hall–Kier alpha value is -3.29. The number of carbonyl (C=O) groups is 1. The number of nitrogens with one attached hydrogen (secondary N) is 1. The first kappa shape index (κ1) is 19.5. The van der Waals surface area contributed by atoms with Crippen molar-refractivity contribution >= 4 is 22.6 Å². The molecule has 0 aliphatic rings. The van der Waals surface area contributed by atoms with Crippen molar-refractivity contribution in [2.75, 3.05) is 19.0 Å². The first-order valence-electron chi connectivity index (χ1n) is 8.38. The third-order valence-electron chi connectivity index (χ3n) is 3.93. The molecule has 1 amide bonds. The van der Waals surface area contributed by atoms with Gasteiger partial charge in [0, 0.05) is 0 Å². The molecule has 1 N–H and O–H groups in total. The Labute approximate surface area is 158 Å². The van der Waals surface area contributed by atoms with Crippen molar-refractivity contribution in [3.63, 3.8) is 0 Å². The van der Waals surface area contributed by atoms with Gasteiger partial charge in [0.15, 0.2) is 0 Å². The summed E-state index contributed by atoms with van der Waals surface area (Å²) < 4.78 is 54.6. The highest BCUT2D eigenvalue weighted by atomic mass is 19.4. The number of rotatable bonds is 5.